The van der Waals surface area contributed by atoms with Crippen LogP contribution in [0.3, 0.4) is 0 Å². The fourth-order valence-corrected chi connectivity index (χ4v) is 5.79. The average Bonchev–Trinajstić information content (AvgIpc) is 3.61. The third kappa shape index (κ3) is 4.42. The van der Waals surface area contributed by atoms with Crippen molar-refractivity contribution in [2.45, 2.75) is 25.4 Å². The van der Waals surface area contributed by atoms with E-state index in [1.165, 1.54) is 11.1 Å². The summed E-state index contributed by atoms with van der Waals surface area (Å²) in [6.45, 7) is 6.62. The maximum atomic E-state index is 5.97. The molecule has 0 saturated carbocycles. The van der Waals surface area contributed by atoms with E-state index in [4.69, 9.17) is 19.2 Å². The van der Waals surface area contributed by atoms with Gasteiger partial charge in [-0.1, -0.05) is 60.2 Å². The zero-order valence-corrected chi connectivity index (χ0v) is 22.0. The minimum absolute atomic E-state index is 0.249. The van der Waals surface area contributed by atoms with Gasteiger partial charge in [-0.25, -0.2) is 4.98 Å². The number of piperazine rings is 1. The molecule has 2 aliphatic rings. The monoisotopic (exact) mass is 510 g/mol. The topological polar surface area (TPSA) is 60.8 Å². The highest BCUT2D eigenvalue weighted by molar-refractivity contribution is 5.76. The lowest BCUT2D eigenvalue weighted by atomic mass is 9.81. The molecular formula is C31H34N4O3. The van der Waals surface area contributed by atoms with Crippen molar-refractivity contribution in [3.8, 4) is 5.75 Å². The molecule has 3 heterocycles. The van der Waals surface area contributed by atoms with E-state index < -0.39 is 5.54 Å². The highest BCUT2D eigenvalue weighted by Crippen LogP contribution is 2.43. The van der Waals surface area contributed by atoms with Crippen molar-refractivity contribution in [1.29, 1.82) is 0 Å². The number of nitrogens with one attached hydrogen (secondary N) is 1. The van der Waals surface area contributed by atoms with Crippen LogP contribution in [0.15, 0.2) is 84.8 Å². The smallest absolute Gasteiger partial charge is 0.229 e. The van der Waals surface area contributed by atoms with E-state index in [-0.39, 0.29) is 6.79 Å². The molecular weight excluding hydrogens is 476 g/mol. The number of fused-ring (bicyclic) bond motifs is 1. The van der Waals surface area contributed by atoms with Gasteiger partial charge in [0.2, 0.25) is 6.79 Å². The lowest BCUT2D eigenvalue weighted by Crippen LogP contribution is -2.56. The number of imidazole rings is 1. The molecule has 1 unspecified atom stereocenters. The summed E-state index contributed by atoms with van der Waals surface area (Å²) in [4.78, 5) is 7.96. The average molecular weight is 511 g/mol. The fourth-order valence-electron chi connectivity index (χ4n) is 5.79. The van der Waals surface area contributed by atoms with Crippen LogP contribution in [0, 0.1) is 6.92 Å². The number of rotatable bonds is 8. The number of hydrogen-bond acceptors (Lipinski definition) is 6. The number of para-hydroxylation sites is 3. The van der Waals surface area contributed by atoms with Crippen molar-refractivity contribution in [2.24, 2.45) is 0 Å². The number of aryl methyl sites for hydroxylation is 1. The van der Waals surface area contributed by atoms with E-state index >= 15 is 0 Å². The van der Waals surface area contributed by atoms with E-state index in [2.05, 4.69) is 82.4 Å². The number of aromatic nitrogens is 2. The summed E-state index contributed by atoms with van der Waals surface area (Å²) in [5.41, 5.74) is 5.02. The molecule has 2 aliphatic heterocycles. The van der Waals surface area contributed by atoms with Crippen LogP contribution in [0.2, 0.25) is 0 Å². The molecule has 7 heteroatoms. The highest BCUT2D eigenvalue weighted by atomic mass is 16.7. The molecule has 1 N–H and O–H groups in total. The molecule has 6 rings (SSSR count). The number of methoxy groups -OCH3 is 1. The zero-order chi connectivity index (χ0) is 26.0. The maximum absolute atomic E-state index is 5.97. The largest absolute Gasteiger partial charge is 0.496 e. The van der Waals surface area contributed by atoms with Crippen LogP contribution in [0.25, 0.3) is 11.0 Å². The second-order valence-electron chi connectivity index (χ2n) is 9.98. The van der Waals surface area contributed by atoms with E-state index in [0.29, 0.717) is 13.0 Å². The van der Waals surface area contributed by atoms with Gasteiger partial charge < -0.3 is 24.1 Å². The first kappa shape index (κ1) is 24.5. The second kappa shape index (κ2) is 10.5. The van der Waals surface area contributed by atoms with Crippen LogP contribution in [0.1, 0.15) is 28.9 Å². The van der Waals surface area contributed by atoms with E-state index in [9.17, 15) is 0 Å². The van der Waals surface area contributed by atoms with Gasteiger partial charge >= 0.3 is 0 Å². The number of hydrogen-bond donors (Lipinski definition) is 1. The Morgan fingerprint density at radius 3 is 2.50 bits per heavy atom. The quantitative estimate of drug-likeness (QED) is 0.368. The summed E-state index contributed by atoms with van der Waals surface area (Å²) >= 11 is 0. The van der Waals surface area contributed by atoms with Crippen LogP contribution in [-0.2, 0) is 21.6 Å². The van der Waals surface area contributed by atoms with E-state index in [1.54, 1.807) is 13.4 Å². The summed E-state index contributed by atoms with van der Waals surface area (Å²) in [5.74, 6) is 2.70. The van der Waals surface area contributed by atoms with Crippen LogP contribution in [0.4, 0.5) is 0 Å². The first-order valence-electron chi connectivity index (χ1n) is 13.2. The second-order valence-corrected chi connectivity index (χ2v) is 9.98. The number of benzene rings is 3. The first-order chi connectivity index (χ1) is 18.7. The Kier molecular flexibility index (Phi) is 6.79. The Balaban J connectivity index is 1.62. The molecule has 38 heavy (non-hydrogen) atoms. The molecule has 0 bridgehead atoms. The van der Waals surface area contributed by atoms with E-state index in [0.717, 1.165) is 60.1 Å². The minimum Gasteiger partial charge on any atom is -0.496 e. The zero-order valence-electron chi connectivity index (χ0n) is 22.0. The molecule has 0 spiro atoms. The minimum atomic E-state index is -0.573. The fraction of sp³-hybridized carbons (Fsp3) is 0.323. The van der Waals surface area contributed by atoms with Gasteiger partial charge in [0.25, 0.3) is 0 Å². The lowest BCUT2D eigenvalue weighted by Gasteiger charge is -2.46. The third-order valence-electron chi connectivity index (χ3n) is 7.69. The summed E-state index contributed by atoms with van der Waals surface area (Å²) in [5, 5.41) is 3.53. The predicted molar refractivity (Wildman–Crippen MR) is 148 cm³/mol. The SMILES string of the molecule is COc1ccccc1Cn1c(C(CC2=COCO2)(c2ccc(C)cc2)N2CCNCC2)nc2ccccc21. The molecule has 0 aliphatic carbocycles. The van der Waals surface area contributed by atoms with Gasteiger partial charge in [0.15, 0.2) is 0 Å². The Morgan fingerprint density at radius 2 is 1.74 bits per heavy atom. The Bertz CT molecular complexity index is 1440. The van der Waals surface area contributed by atoms with Crippen molar-refractivity contribution in [2.75, 3.05) is 40.1 Å². The molecule has 1 saturated heterocycles. The maximum Gasteiger partial charge on any atom is 0.229 e. The van der Waals surface area contributed by atoms with Crippen LogP contribution in [0.5, 0.6) is 5.75 Å². The number of ether oxygens (including phenoxy) is 3. The highest BCUT2D eigenvalue weighted by Gasteiger charge is 2.46. The lowest BCUT2D eigenvalue weighted by molar-refractivity contribution is 0.0509. The standard InChI is InChI=1S/C31H34N4O3/c1-23-11-13-25(14-12-23)31(19-26-21-37-22-38-26,34-17-15-32-16-18-34)30-33-27-8-4-5-9-28(27)35(30)20-24-7-3-6-10-29(24)36-2/h3-14,21,32H,15-20,22H2,1-2H3. The Hall–Kier alpha value is -3.81. The summed E-state index contributed by atoms with van der Waals surface area (Å²) in [6.07, 6.45) is 2.38. The molecule has 0 amide bonds. The van der Waals surface area contributed by atoms with Gasteiger partial charge in [-0.15, -0.1) is 0 Å². The molecule has 3 aromatic carbocycles. The Morgan fingerprint density at radius 1 is 0.974 bits per heavy atom. The predicted octanol–water partition coefficient (Wildman–Crippen LogP) is 4.79. The molecule has 4 aromatic rings. The van der Waals surface area contributed by atoms with Crippen molar-refractivity contribution < 1.29 is 14.2 Å². The molecule has 1 aromatic heterocycles. The van der Waals surface area contributed by atoms with Crippen LogP contribution >= 0.6 is 0 Å². The van der Waals surface area contributed by atoms with Crippen LogP contribution in [-0.4, -0.2) is 54.5 Å². The number of nitrogens with zero attached hydrogens (tertiary/aromatic N) is 3. The third-order valence-corrected chi connectivity index (χ3v) is 7.69. The van der Waals surface area contributed by atoms with Gasteiger partial charge in [-0.2, -0.15) is 0 Å². The van der Waals surface area contributed by atoms with E-state index in [1.807, 2.05) is 12.1 Å². The Labute approximate surface area is 223 Å². The molecule has 196 valence electrons. The van der Waals surface area contributed by atoms with Gasteiger partial charge in [-0.05, 0) is 30.7 Å². The van der Waals surface area contributed by atoms with Crippen molar-refractivity contribution in [3.63, 3.8) is 0 Å². The van der Waals surface area contributed by atoms with Crippen molar-refractivity contribution >= 4 is 11.0 Å². The van der Waals surface area contributed by atoms with Crippen LogP contribution < -0.4 is 10.1 Å². The first-order valence-corrected chi connectivity index (χ1v) is 13.2. The van der Waals surface area contributed by atoms with Crippen molar-refractivity contribution in [3.05, 3.63) is 107 Å². The molecule has 0 radical (unpaired) electrons. The molecule has 1 atom stereocenters. The van der Waals surface area contributed by atoms with Gasteiger partial charge in [0.1, 0.15) is 29.1 Å². The van der Waals surface area contributed by atoms with Crippen molar-refractivity contribution in [1.82, 2.24) is 19.8 Å². The van der Waals surface area contributed by atoms with Gasteiger partial charge in [-0.3, -0.25) is 4.90 Å². The summed E-state index contributed by atoms with van der Waals surface area (Å²) < 4.78 is 19.6. The summed E-state index contributed by atoms with van der Waals surface area (Å²) in [6, 6.07) is 25.5. The summed E-state index contributed by atoms with van der Waals surface area (Å²) in [7, 11) is 1.73. The van der Waals surface area contributed by atoms with Gasteiger partial charge in [0, 0.05) is 38.2 Å². The van der Waals surface area contributed by atoms with Gasteiger partial charge in [0.05, 0.1) is 24.7 Å². The molecule has 7 nitrogen and oxygen atoms in total. The molecule has 1 fully saturated rings. The normalized spacial score (nSPS) is 17.5.